The average Bonchev–Trinajstić information content (AvgIpc) is 3.70. The van der Waals surface area contributed by atoms with Crippen LogP contribution in [0.3, 0.4) is 0 Å². The summed E-state index contributed by atoms with van der Waals surface area (Å²) in [5, 5.41) is 8.02. The second kappa shape index (κ2) is 16.2. The molecule has 2 nitrogen and oxygen atoms in total. The van der Waals surface area contributed by atoms with Crippen molar-refractivity contribution in [1.82, 2.24) is 4.57 Å². The van der Waals surface area contributed by atoms with E-state index in [1.54, 1.807) is 0 Å². The molecule has 1 aromatic heterocycles. The fourth-order valence-electron chi connectivity index (χ4n) is 11.5. The Labute approximate surface area is 394 Å². The quantitative estimate of drug-likeness (QED) is 0.109. The maximum atomic E-state index is 2.53. The molecule has 0 aliphatic carbocycles. The third kappa shape index (κ3) is 6.30. The van der Waals surface area contributed by atoms with Crippen LogP contribution in [0.15, 0.2) is 249 Å². The molecule has 0 atom stereocenters. The highest BCUT2D eigenvalue weighted by Crippen LogP contribution is 2.58. The molecule has 1 aliphatic heterocycles. The molecule has 0 amide bonds. The normalized spacial score (nSPS) is 13.1. The number of rotatable bonds is 8. The lowest BCUT2D eigenvalue weighted by atomic mass is 9.62. The van der Waals surface area contributed by atoms with Crippen LogP contribution in [0.5, 0.6) is 0 Å². The van der Waals surface area contributed by atoms with Crippen molar-refractivity contribution in [1.29, 1.82) is 0 Å². The fraction of sp³-hybridized carbons (Fsp3) is 0.0625. The van der Waals surface area contributed by atoms with Gasteiger partial charge in [0.1, 0.15) is 0 Å². The van der Waals surface area contributed by atoms with Gasteiger partial charge in [-0.15, -0.1) is 0 Å². The van der Waals surface area contributed by atoms with Gasteiger partial charge in [-0.2, -0.15) is 0 Å². The number of nitrogens with zero attached hydrogens (tertiary/aromatic N) is 2. The molecule has 0 N–H and O–H groups in total. The lowest BCUT2D eigenvalue weighted by Gasteiger charge is -2.47. The molecular weight excluding hydrogens is 825 g/mol. The number of anilines is 3. The molecule has 0 fully saturated rings. The maximum Gasteiger partial charge on any atom is 0.179 e. The average molecular weight is 875 g/mol. The van der Waals surface area contributed by atoms with Crippen LogP contribution in [0.25, 0.3) is 27.5 Å². The van der Waals surface area contributed by atoms with Crippen molar-refractivity contribution in [2.75, 3.05) is 4.90 Å². The van der Waals surface area contributed by atoms with E-state index in [2.05, 4.69) is 279 Å². The third-order valence-corrected chi connectivity index (χ3v) is 19.1. The summed E-state index contributed by atoms with van der Waals surface area (Å²) in [5.41, 5.74) is 15.3. The Kier molecular flexibility index (Phi) is 9.78. The van der Waals surface area contributed by atoms with Crippen LogP contribution in [0.2, 0.25) is 0 Å². The molecule has 320 valence electrons. The van der Waals surface area contributed by atoms with Crippen LogP contribution < -0.4 is 25.6 Å². The van der Waals surface area contributed by atoms with Crippen LogP contribution in [0.1, 0.15) is 38.9 Å². The van der Waals surface area contributed by atoms with E-state index in [4.69, 9.17) is 0 Å². The Bertz CT molecular complexity index is 3390. The van der Waals surface area contributed by atoms with E-state index < -0.39 is 13.5 Å². The molecule has 3 heteroatoms. The Morgan fingerprint density at radius 2 is 0.716 bits per heavy atom. The molecule has 0 spiro atoms. The number of fused-ring (bicyclic) bond motifs is 5. The van der Waals surface area contributed by atoms with Crippen molar-refractivity contribution in [3.8, 4) is 5.69 Å². The number of aromatic nitrogens is 1. The first-order chi connectivity index (χ1) is 33.0. The fourth-order valence-corrected chi connectivity index (χ4v) is 16.2. The van der Waals surface area contributed by atoms with Gasteiger partial charge in [-0.1, -0.05) is 211 Å². The van der Waals surface area contributed by atoms with E-state index >= 15 is 0 Å². The molecule has 11 aromatic rings. The first-order valence-corrected chi connectivity index (χ1v) is 25.4. The van der Waals surface area contributed by atoms with Gasteiger partial charge in [0.15, 0.2) is 8.07 Å². The van der Waals surface area contributed by atoms with Gasteiger partial charge in [-0.3, -0.25) is 0 Å². The zero-order chi connectivity index (χ0) is 45.1. The molecule has 0 saturated carbocycles. The van der Waals surface area contributed by atoms with E-state index in [9.17, 15) is 0 Å². The summed E-state index contributed by atoms with van der Waals surface area (Å²) in [6.45, 7) is 6.64. The number of hydrogen-bond donors (Lipinski definition) is 0. The van der Waals surface area contributed by atoms with Crippen LogP contribution in [0, 0.1) is 20.8 Å². The summed E-state index contributed by atoms with van der Waals surface area (Å²) in [6.07, 6.45) is 0. The summed E-state index contributed by atoms with van der Waals surface area (Å²) in [6, 6.07) is 93.4. The first kappa shape index (κ1) is 40.5. The first-order valence-electron chi connectivity index (χ1n) is 23.4. The second-order valence-corrected chi connectivity index (χ2v) is 22.1. The minimum Gasteiger partial charge on any atom is -0.310 e. The van der Waals surface area contributed by atoms with E-state index in [0.717, 1.165) is 11.4 Å². The minimum absolute atomic E-state index is 0.524. The van der Waals surface area contributed by atoms with Crippen LogP contribution in [-0.4, -0.2) is 12.6 Å². The summed E-state index contributed by atoms with van der Waals surface area (Å²) in [7, 11) is -2.75. The van der Waals surface area contributed by atoms with Gasteiger partial charge in [-0.05, 0) is 118 Å². The van der Waals surface area contributed by atoms with E-state index in [1.165, 1.54) is 92.9 Å². The molecular formula is C64H50N2Si. The molecule has 1 aliphatic rings. The summed E-state index contributed by atoms with van der Waals surface area (Å²) < 4.78 is 2.47. The second-order valence-electron chi connectivity index (χ2n) is 18.3. The predicted molar refractivity (Wildman–Crippen MR) is 285 cm³/mol. The standard InChI is InChI=1S/C64H50N2Si/c1-45-29-37-60-56(41-45)57-44-55(67(52-23-13-6-14-24-52,53-25-15-7-16-26-53)54-27-17-8-18-28-54)36-40-61(57)65(60)50-32-34-51(35-33-50)66-62-38-30-46(2)42-58(62)64(48-19-9-4-10-20-48,49-21-11-5-12-22-49)59-43-47(3)31-39-63(59)66/h4-44H,1-3H3. The van der Waals surface area contributed by atoms with E-state index in [0.29, 0.717) is 0 Å². The van der Waals surface area contributed by atoms with Crippen LogP contribution in [-0.2, 0) is 5.41 Å². The number of aryl methyl sites for hydroxylation is 3. The molecule has 0 bridgehead atoms. The largest absolute Gasteiger partial charge is 0.310 e. The van der Waals surface area contributed by atoms with E-state index in [1.807, 2.05) is 0 Å². The molecule has 2 heterocycles. The van der Waals surface area contributed by atoms with Gasteiger partial charge in [-0.25, -0.2) is 0 Å². The third-order valence-electron chi connectivity index (χ3n) is 14.3. The van der Waals surface area contributed by atoms with Crippen LogP contribution in [0.4, 0.5) is 17.1 Å². The van der Waals surface area contributed by atoms with Gasteiger partial charge in [0.05, 0.1) is 27.8 Å². The highest BCUT2D eigenvalue weighted by Gasteiger charge is 2.47. The smallest absolute Gasteiger partial charge is 0.179 e. The summed E-state index contributed by atoms with van der Waals surface area (Å²) in [5.74, 6) is 0. The molecule has 0 radical (unpaired) electrons. The number of benzene rings is 10. The topological polar surface area (TPSA) is 8.17 Å². The highest BCUT2D eigenvalue weighted by molar-refractivity contribution is 7.20. The maximum absolute atomic E-state index is 2.75. The molecule has 0 saturated heterocycles. The summed E-state index contributed by atoms with van der Waals surface area (Å²) in [4.78, 5) is 2.49. The van der Waals surface area contributed by atoms with Crippen molar-refractivity contribution in [2.45, 2.75) is 26.2 Å². The van der Waals surface area contributed by atoms with Crippen molar-refractivity contribution < 1.29 is 0 Å². The minimum atomic E-state index is -2.75. The van der Waals surface area contributed by atoms with E-state index in [-0.39, 0.29) is 0 Å². The Hall–Kier alpha value is -7.98. The van der Waals surface area contributed by atoms with Crippen molar-refractivity contribution in [3.63, 3.8) is 0 Å². The zero-order valence-electron chi connectivity index (χ0n) is 38.1. The lowest BCUT2D eigenvalue weighted by molar-refractivity contribution is 0.729. The Morgan fingerprint density at radius 1 is 0.328 bits per heavy atom. The van der Waals surface area contributed by atoms with Gasteiger partial charge in [0, 0.05) is 22.1 Å². The van der Waals surface area contributed by atoms with Crippen LogP contribution >= 0.6 is 0 Å². The lowest BCUT2D eigenvalue weighted by Crippen LogP contribution is -2.74. The Morgan fingerprint density at radius 3 is 1.19 bits per heavy atom. The molecule has 12 rings (SSSR count). The Balaban J connectivity index is 1.05. The van der Waals surface area contributed by atoms with Crippen molar-refractivity contribution >= 4 is 67.7 Å². The zero-order valence-corrected chi connectivity index (χ0v) is 39.1. The molecule has 67 heavy (non-hydrogen) atoms. The highest BCUT2D eigenvalue weighted by atomic mass is 28.3. The molecule has 10 aromatic carbocycles. The molecule has 0 unspecified atom stereocenters. The van der Waals surface area contributed by atoms with Crippen molar-refractivity contribution in [3.05, 3.63) is 288 Å². The number of hydrogen-bond acceptors (Lipinski definition) is 1. The summed E-state index contributed by atoms with van der Waals surface area (Å²) >= 11 is 0. The predicted octanol–water partition coefficient (Wildman–Crippen LogP) is 13.3. The SMILES string of the molecule is Cc1ccc2c(c1)C(c1ccccc1)(c1ccccc1)c1cc(C)ccc1N2c1ccc(-n2c3ccc(C)cc3c3cc([Si](c4ccccc4)(c4ccccc4)c4ccccc4)ccc32)cc1. The van der Waals surface area contributed by atoms with Gasteiger partial charge in [0.2, 0.25) is 0 Å². The monoisotopic (exact) mass is 874 g/mol. The van der Waals surface area contributed by atoms with Gasteiger partial charge < -0.3 is 9.47 Å². The van der Waals surface area contributed by atoms with Gasteiger partial charge in [0.25, 0.3) is 0 Å². The van der Waals surface area contributed by atoms with Gasteiger partial charge >= 0.3 is 0 Å². The van der Waals surface area contributed by atoms with Crippen molar-refractivity contribution in [2.24, 2.45) is 0 Å².